The van der Waals surface area contributed by atoms with Crippen LogP contribution >= 0.6 is 15.9 Å². The minimum Gasteiger partial charge on any atom is -0.330 e. The lowest BCUT2D eigenvalue weighted by molar-refractivity contribution is -0.384. The number of urea groups is 1. The van der Waals surface area contributed by atoms with Crippen LogP contribution in [0.15, 0.2) is 65.3 Å². The van der Waals surface area contributed by atoms with Crippen LogP contribution in [0.4, 0.5) is 16.2 Å². The second-order valence-electron chi connectivity index (χ2n) is 5.93. The summed E-state index contributed by atoms with van der Waals surface area (Å²) in [6.07, 6.45) is 0. The molecular weight excluding hydrogens is 416 g/mol. The number of benzene rings is 2. The highest BCUT2D eigenvalue weighted by molar-refractivity contribution is 9.10. The lowest BCUT2D eigenvalue weighted by atomic mass is 9.88. The lowest BCUT2D eigenvalue weighted by Crippen LogP contribution is -2.51. The highest BCUT2D eigenvalue weighted by Crippen LogP contribution is 2.31. The van der Waals surface area contributed by atoms with Crippen molar-refractivity contribution in [2.24, 2.45) is 5.92 Å². The number of nitrogens with zero attached hydrogens (tertiary/aromatic N) is 1. The Bertz CT molecular complexity index is 929. The number of anilines is 1. The molecule has 0 bridgehead atoms. The largest absolute Gasteiger partial charge is 0.330 e. The minimum absolute atomic E-state index is 0.133. The van der Waals surface area contributed by atoms with Crippen LogP contribution in [0, 0.1) is 16.0 Å². The van der Waals surface area contributed by atoms with Gasteiger partial charge in [0.05, 0.1) is 11.0 Å². The molecule has 3 amide bonds. The van der Waals surface area contributed by atoms with Crippen LogP contribution in [-0.4, -0.2) is 16.9 Å². The molecule has 2 atom stereocenters. The van der Waals surface area contributed by atoms with Crippen molar-refractivity contribution in [3.05, 3.63) is 81.0 Å². The fraction of sp³-hybridized carbons (Fsp3) is 0.111. The first-order valence-corrected chi connectivity index (χ1v) is 8.71. The van der Waals surface area contributed by atoms with Gasteiger partial charge in [-0.2, -0.15) is 0 Å². The molecule has 3 rings (SSSR count). The van der Waals surface area contributed by atoms with Gasteiger partial charge in [-0.3, -0.25) is 14.9 Å². The molecule has 0 spiro atoms. The van der Waals surface area contributed by atoms with Crippen molar-refractivity contribution in [1.29, 1.82) is 0 Å². The molecule has 1 fully saturated rings. The van der Waals surface area contributed by atoms with Gasteiger partial charge in [-0.25, -0.2) is 4.79 Å². The lowest BCUT2D eigenvalue weighted by Gasteiger charge is -2.33. The molecule has 1 heterocycles. The second kappa shape index (κ2) is 7.58. The topological polar surface area (TPSA) is 113 Å². The maximum Gasteiger partial charge on any atom is 0.319 e. The minimum atomic E-state index is -0.803. The smallest absolute Gasteiger partial charge is 0.319 e. The van der Waals surface area contributed by atoms with Crippen molar-refractivity contribution in [3.8, 4) is 0 Å². The summed E-state index contributed by atoms with van der Waals surface area (Å²) in [4.78, 5) is 35.1. The maximum absolute atomic E-state index is 12.9. The Kier molecular flexibility index (Phi) is 5.22. The van der Waals surface area contributed by atoms with E-state index in [-0.39, 0.29) is 17.1 Å². The molecule has 3 N–H and O–H groups in total. The highest BCUT2D eigenvalue weighted by atomic mass is 79.9. The van der Waals surface area contributed by atoms with Crippen LogP contribution < -0.4 is 16.0 Å². The number of hydrogen-bond acceptors (Lipinski definition) is 4. The number of non-ortho nitro benzene ring substituents is 1. The summed E-state index contributed by atoms with van der Waals surface area (Å²) in [6, 6.07) is 11.8. The van der Waals surface area contributed by atoms with Crippen LogP contribution in [0.1, 0.15) is 11.6 Å². The zero-order valence-electron chi connectivity index (χ0n) is 13.9. The molecule has 0 saturated carbocycles. The van der Waals surface area contributed by atoms with E-state index in [1.807, 2.05) is 12.1 Å². The van der Waals surface area contributed by atoms with Crippen molar-refractivity contribution in [2.75, 3.05) is 5.32 Å². The maximum atomic E-state index is 12.9. The average Bonchev–Trinajstić information content (AvgIpc) is 2.61. The molecule has 1 saturated heterocycles. The second-order valence-corrected chi connectivity index (χ2v) is 6.84. The Balaban J connectivity index is 1.88. The van der Waals surface area contributed by atoms with Gasteiger partial charge in [0.25, 0.3) is 5.69 Å². The van der Waals surface area contributed by atoms with Gasteiger partial charge in [0.1, 0.15) is 5.92 Å². The van der Waals surface area contributed by atoms with E-state index in [9.17, 15) is 19.7 Å². The zero-order valence-corrected chi connectivity index (χ0v) is 15.5. The molecule has 0 aliphatic carbocycles. The molecule has 1 aliphatic rings. The molecule has 2 aromatic rings. The molecule has 138 valence electrons. The standard InChI is InChI=1S/C18H15BrN4O4/c1-10-15(17(24)21-13-3-2-4-14(9-13)23(26)27)16(22-18(25)20-10)11-5-7-12(19)8-6-11/h2-9,15-16H,1H2,(H,21,24)(H2,20,22,25)/t15-,16-/m0/s1. The summed E-state index contributed by atoms with van der Waals surface area (Å²) < 4.78 is 0.864. The number of nitrogens with one attached hydrogen (secondary N) is 3. The number of rotatable bonds is 4. The number of amides is 3. The fourth-order valence-corrected chi connectivity index (χ4v) is 3.12. The Labute approximate surface area is 162 Å². The van der Waals surface area contributed by atoms with E-state index in [0.29, 0.717) is 0 Å². The van der Waals surface area contributed by atoms with Gasteiger partial charge in [-0.15, -0.1) is 0 Å². The van der Waals surface area contributed by atoms with Gasteiger partial charge in [0.2, 0.25) is 5.91 Å². The molecule has 0 aromatic heterocycles. The summed E-state index contributed by atoms with van der Waals surface area (Å²) in [5.74, 6) is -1.25. The molecule has 0 unspecified atom stereocenters. The van der Waals surface area contributed by atoms with Crippen molar-refractivity contribution < 1.29 is 14.5 Å². The summed E-state index contributed by atoms with van der Waals surface area (Å²) in [7, 11) is 0. The molecule has 8 nitrogen and oxygen atoms in total. The van der Waals surface area contributed by atoms with E-state index in [1.165, 1.54) is 18.2 Å². The van der Waals surface area contributed by atoms with Crippen LogP contribution in [0.2, 0.25) is 0 Å². The Hall–Kier alpha value is -3.20. The molecule has 0 radical (unpaired) electrons. The first kappa shape index (κ1) is 18.6. The third-order valence-corrected chi connectivity index (χ3v) is 4.63. The SMILES string of the molecule is C=C1NC(=O)N[C@@H](c2ccc(Br)cc2)[C@H]1C(=O)Nc1cccc([N+](=O)[O-])c1. The normalized spacial score (nSPS) is 19.0. The molecule has 2 aromatic carbocycles. The van der Waals surface area contributed by atoms with Crippen molar-refractivity contribution >= 4 is 39.2 Å². The number of nitro groups is 1. The van der Waals surface area contributed by atoms with Crippen LogP contribution in [0.3, 0.4) is 0 Å². The third kappa shape index (κ3) is 4.14. The van der Waals surface area contributed by atoms with E-state index in [1.54, 1.807) is 18.2 Å². The average molecular weight is 431 g/mol. The summed E-state index contributed by atoms with van der Waals surface area (Å²) in [5.41, 5.74) is 1.13. The van der Waals surface area contributed by atoms with E-state index in [0.717, 1.165) is 10.0 Å². The molecule has 27 heavy (non-hydrogen) atoms. The zero-order chi connectivity index (χ0) is 19.6. The van der Waals surface area contributed by atoms with E-state index < -0.39 is 28.8 Å². The number of nitro benzene ring substituents is 1. The van der Waals surface area contributed by atoms with E-state index in [2.05, 4.69) is 38.5 Å². The van der Waals surface area contributed by atoms with E-state index in [4.69, 9.17) is 0 Å². The predicted molar refractivity (Wildman–Crippen MR) is 103 cm³/mol. The first-order valence-electron chi connectivity index (χ1n) is 7.92. The van der Waals surface area contributed by atoms with Gasteiger partial charge in [0.15, 0.2) is 0 Å². The Morgan fingerprint density at radius 3 is 2.59 bits per heavy atom. The number of hydrogen-bond donors (Lipinski definition) is 3. The number of halogens is 1. The van der Waals surface area contributed by atoms with Crippen LogP contribution in [0.25, 0.3) is 0 Å². The van der Waals surface area contributed by atoms with Crippen molar-refractivity contribution in [2.45, 2.75) is 6.04 Å². The Morgan fingerprint density at radius 2 is 1.93 bits per heavy atom. The fourth-order valence-electron chi connectivity index (χ4n) is 2.86. The predicted octanol–water partition coefficient (Wildman–Crippen LogP) is 3.48. The van der Waals surface area contributed by atoms with Crippen molar-refractivity contribution in [1.82, 2.24) is 10.6 Å². The Morgan fingerprint density at radius 1 is 1.22 bits per heavy atom. The molecule has 1 aliphatic heterocycles. The van der Waals surface area contributed by atoms with E-state index >= 15 is 0 Å². The monoisotopic (exact) mass is 430 g/mol. The molecule has 9 heteroatoms. The molecular formula is C18H15BrN4O4. The van der Waals surface area contributed by atoms with Crippen molar-refractivity contribution in [3.63, 3.8) is 0 Å². The van der Waals surface area contributed by atoms with Gasteiger partial charge in [-0.1, -0.05) is 40.7 Å². The highest BCUT2D eigenvalue weighted by Gasteiger charge is 2.37. The summed E-state index contributed by atoms with van der Waals surface area (Å²) >= 11 is 3.35. The van der Waals surface area contributed by atoms with Crippen LogP contribution in [0.5, 0.6) is 0 Å². The first-order chi connectivity index (χ1) is 12.8. The number of carbonyl (C=O) groups is 2. The van der Waals surface area contributed by atoms with Gasteiger partial charge < -0.3 is 16.0 Å². The van der Waals surface area contributed by atoms with Gasteiger partial charge in [0, 0.05) is 28.0 Å². The summed E-state index contributed by atoms with van der Waals surface area (Å²) in [6.45, 7) is 3.80. The van der Waals surface area contributed by atoms with Crippen LogP contribution in [-0.2, 0) is 4.79 Å². The van der Waals surface area contributed by atoms with Gasteiger partial charge in [-0.05, 0) is 23.8 Å². The third-order valence-electron chi connectivity index (χ3n) is 4.11. The van der Waals surface area contributed by atoms with Gasteiger partial charge >= 0.3 is 6.03 Å². The quantitative estimate of drug-likeness (QED) is 0.508. The summed E-state index contributed by atoms with van der Waals surface area (Å²) in [5, 5.41) is 18.8. The number of carbonyl (C=O) groups excluding carboxylic acids is 2.